The molecule has 0 saturated carbocycles. The zero-order valence-electron chi connectivity index (χ0n) is 14.8. The van der Waals surface area contributed by atoms with Gasteiger partial charge in [0.15, 0.2) is 0 Å². The van der Waals surface area contributed by atoms with Crippen LogP contribution in [0.25, 0.3) is 0 Å². The van der Waals surface area contributed by atoms with E-state index in [2.05, 4.69) is 39.0 Å². The maximum atomic E-state index is 10.7. The van der Waals surface area contributed by atoms with Gasteiger partial charge in [0, 0.05) is 70.3 Å². The first kappa shape index (κ1) is 17.2. The first-order valence-corrected chi connectivity index (χ1v) is 8.51. The number of hydrogen-bond donors (Lipinski definition) is 0. The molecule has 25 heavy (non-hydrogen) atoms. The smallest absolute Gasteiger partial charge is 0.269 e. The number of benzene rings is 2. The summed E-state index contributed by atoms with van der Waals surface area (Å²) in [4.78, 5) is 17.2. The Kier molecular flexibility index (Phi) is 5.19. The number of anilines is 2. The van der Waals surface area contributed by atoms with E-state index >= 15 is 0 Å². The van der Waals surface area contributed by atoms with E-state index in [0.717, 1.165) is 38.4 Å². The van der Waals surface area contributed by atoms with Gasteiger partial charge in [0.1, 0.15) is 0 Å². The van der Waals surface area contributed by atoms with Crippen molar-refractivity contribution in [1.29, 1.82) is 0 Å². The van der Waals surface area contributed by atoms with Crippen molar-refractivity contribution in [3.05, 3.63) is 64.2 Å². The fourth-order valence-electron chi connectivity index (χ4n) is 3.11. The van der Waals surface area contributed by atoms with Crippen molar-refractivity contribution in [2.75, 3.05) is 50.1 Å². The third-order valence-corrected chi connectivity index (χ3v) is 4.66. The molecule has 2 aromatic rings. The molecule has 1 fully saturated rings. The predicted molar refractivity (Wildman–Crippen MR) is 101 cm³/mol. The van der Waals surface area contributed by atoms with Crippen LogP contribution in [0, 0.1) is 10.1 Å². The molecule has 0 atom stereocenters. The maximum absolute atomic E-state index is 10.7. The van der Waals surface area contributed by atoms with Crippen LogP contribution in [0.4, 0.5) is 17.1 Å². The molecule has 0 radical (unpaired) electrons. The monoisotopic (exact) mass is 340 g/mol. The number of nitrogens with zero attached hydrogens (tertiary/aromatic N) is 4. The summed E-state index contributed by atoms with van der Waals surface area (Å²) >= 11 is 0. The molecule has 132 valence electrons. The largest absolute Gasteiger partial charge is 0.378 e. The lowest BCUT2D eigenvalue weighted by atomic mass is 10.1. The van der Waals surface area contributed by atoms with Crippen LogP contribution in [0.1, 0.15) is 5.56 Å². The third-order valence-electron chi connectivity index (χ3n) is 4.66. The van der Waals surface area contributed by atoms with Crippen molar-refractivity contribution in [3.8, 4) is 0 Å². The molecule has 0 aromatic heterocycles. The summed E-state index contributed by atoms with van der Waals surface area (Å²) in [5, 5.41) is 10.7. The Labute approximate surface area is 148 Å². The Balaban J connectivity index is 1.53. The average Bonchev–Trinajstić information content (AvgIpc) is 2.63. The second-order valence-electron chi connectivity index (χ2n) is 6.60. The molecule has 1 aliphatic heterocycles. The second-order valence-corrected chi connectivity index (χ2v) is 6.60. The van der Waals surface area contributed by atoms with Gasteiger partial charge in [-0.05, 0) is 29.8 Å². The highest BCUT2D eigenvalue weighted by molar-refractivity contribution is 5.51. The van der Waals surface area contributed by atoms with E-state index in [-0.39, 0.29) is 10.6 Å². The summed E-state index contributed by atoms with van der Waals surface area (Å²) in [5.41, 5.74) is 3.74. The average molecular weight is 340 g/mol. The fourth-order valence-corrected chi connectivity index (χ4v) is 3.11. The van der Waals surface area contributed by atoms with Gasteiger partial charge in [0.2, 0.25) is 0 Å². The minimum absolute atomic E-state index is 0.142. The van der Waals surface area contributed by atoms with E-state index < -0.39 is 0 Å². The summed E-state index contributed by atoms with van der Waals surface area (Å²) in [6, 6.07) is 15.5. The van der Waals surface area contributed by atoms with Gasteiger partial charge in [-0.1, -0.05) is 12.1 Å². The van der Waals surface area contributed by atoms with E-state index in [4.69, 9.17) is 0 Å². The van der Waals surface area contributed by atoms with Gasteiger partial charge in [0.05, 0.1) is 4.92 Å². The highest BCUT2D eigenvalue weighted by atomic mass is 16.6. The first-order chi connectivity index (χ1) is 12.0. The van der Waals surface area contributed by atoms with Crippen LogP contribution in [0.15, 0.2) is 48.5 Å². The highest BCUT2D eigenvalue weighted by Gasteiger charge is 2.18. The minimum Gasteiger partial charge on any atom is -0.378 e. The molecule has 3 rings (SSSR count). The van der Waals surface area contributed by atoms with Gasteiger partial charge in [-0.2, -0.15) is 0 Å². The molecule has 0 spiro atoms. The Morgan fingerprint density at radius 1 is 0.960 bits per heavy atom. The van der Waals surface area contributed by atoms with Gasteiger partial charge in [0.25, 0.3) is 5.69 Å². The molecule has 1 saturated heterocycles. The van der Waals surface area contributed by atoms with E-state index in [1.165, 1.54) is 11.3 Å². The van der Waals surface area contributed by atoms with Gasteiger partial charge in [-0.3, -0.25) is 15.0 Å². The first-order valence-electron chi connectivity index (χ1n) is 8.51. The molecule has 6 nitrogen and oxygen atoms in total. The molecule has 0 amide bonds. The summed E-state index contributed by atoms with van der Waals surface area (Å²) in [7, 11) is 4.10. The van der Waals surface area contributed by atoms with Crippen LogP contribution < -0.4 is 9.80 Å². The summed E-state index contributed by atoms with van der Waals surface area (Å²) in [6.07, 6.45) is 0. The van der Waals surface area contributed by atoms with E-state index in [9.17, 15) is 10.1 Å². The molecule has 1 heterocycles. The number of rotatable bonds is 5. The lowest BCUT2D eigenvalue weighted by molar-refractivity contribution is -0.384. The van der Waals surface area contributed by atoms with E-state index in [1.807, 2.05) is 26.2 Å². The van der Waals surface area contributed by atoms with Gasteiger partial charge in [-0.25, -0.2) is 0 Å². The Hall–Kier alpha value is -2.60. The van der Waals surface area contributed by atoms with Crippen LogP contribution in [0.2, 0.25) is 0 Å². The van der Waals surface area contributed by atoms with Crippen molar-refractivity contribution in [1.82, 2.24) is 4.90 Å². The Bertz CT molecular complexity index is 705. The number of nitro benzene ring substituents is 1. The standard InChI is InChI=1S/C19H24N4O2/c1-20(2)17-5-3-16(4-6-17)15-21-11-13-22(14-12-21)18-7-9-19(10-8-18)23(24)25/h3-10H,11-15H2,1-2H3. The lowest BCUT2D eigenvalue weighted by Gasteiger charge is -2.36. The van der Waals surface area contributed by atoms with Gasteiger partial charge in [-0.15, -0.1) is 0 Å². The fraction of sp³-hybridized carbons (Fsp3) is 0.368. The molecule has 0 bridgehead atoms. The zero-order valence-corrected chi connectivity index (χ0v) is 14.8. The summed E-state index contributed by atoms with van der Waals surface area (Å²) < 4.78 is 0. The lowest BCUT2D eigenvalue weighted by Crippen LogP contribution is -2.45. The van der Waals surface area contributed by atoms with Crippen molar-refractivity contribution in [2.24, 2.45) is 0 Å². The number of nitro groups is 1. The quantitative estimate of drug-likeness (QED) is 0.619. The van der Waals surface area contributed by atoms with E-state index in [1.54, 1.807) is 12.1 Å². The number of hydrogen-bond acceptors (Lipinski definition) is 5. The van der Waals surface area contributed by atoms with Gasteiger partial charge < -0.3 is 9.80 Å². The molecule has 0 unspecified atom stereocenters. The van der Waals surface area contributed by atoms with Crippen LogP contribution in [-0.4, -0.2) is 50.1 Å². The maximum Gasteiger partial charge on any atom is 0.269 e. The molecule has 6 heteroatoms. The summed E-state index contributed by atoms with van der Waals surface area (Å²) in [6.45, 7) is 4.82. The normalized spacial score (nSPS) is 15.2. The zero-order chi connectivity index (χ0) is 17.8. The highest BCUT2D eigenvalue weighted by Crippen LogP contribution is 2.21. The van der Waals surface area contributed by atoms with Crippen LogP contribution in [0.5, 0.6) is 0 Å². The van der Waals surface area contributed by atoms with Crippen LogP contribution in [-0.2, 0) is 6.54 Å². The molecule has 1 aliphatic rings. The van der Waals surface area contributed by atoms with Crippen LogP contribution in [0.3, 0.4) is 0 Å². The molecule has 2 aromatic carbocycles. The van der Waals surface area contributed by atoms with Crippen LogP contribution >= 0.6 is 0 Å². The molecule has 0 N–H and O–H groups in total. The van der Waals surface area contributed by atoms with Crippen molar-refractivity contribution >= 4 is 17.1 Å². The topological polar surface area (TPSA) is 52.9 Å². The van der Waals surface area contributed by atoms with E-state index in [0.29, 0.717) is 0 Å². The molecular formula is C19H24N4O2. The van der Waals surface area contributed by atoms with Crippen molar-refractivity contribution in [2.45, 2.75) is 6.54 Å². The SMILES string of the molecule is CN(C)c1ccc(CN2CCN(c3ccc([N+](=O)[O-])cc3)CC2)cc1. The predicted octanol–water partition coefficient (Wildman–Crippen LogP) is 2.98. The third kappa shape index (κ3) is 4.28. The summed E-state index contributed by atoms with van der Waals surface area (Å²) in [5.74, 6) is 0. The van der Waals surface area contributed by atoms with Crippen molar-refractivity contribution in [3.63, 3.8) is 0 Å². The molecule has 0 aliphatic carbocycles. The number of non-ortho nitro benzene ring substituents is 1. The second kappa shape index (κ2) is 7.53. The number of piperazine rings is 1. The van der Waals surface area contributed by atoms with Gasteiger partial charge >= 0.3 is 0 Å². The Morgan fingerprint density at radius 3 is 2.08 bits per heavy atom. The Morgan fingerprint density at radius 2 is 1.56 bits per heavy atom. The molecular weight excluding hydrogens is 316 g/mol. The van der Waals surface area contributed by atoms with Crippen molar-refractivity contribution < 1.29 is 4.92 Å². The minimum atomic E-state index is -0.358.